The lowest BCUT2D eigenvalue weighted by molar-refractivity contribution is -0.137. The van der Waals surface area contributed by atoms with E-state index in [0.29, 0.717) is 30.4 Å². The number of para-hydroxylation sites is 1. The van der Waals surface area contributed by atoms with Crippen molar-refractivity contribution in [2.45, 2.75) is 223 Å². The van der Waals surface area contributed by atoms with Crippen molar-refractivity contribution < 1.29 is 58.8 Å². The first-order valence-corrected chi connectivity index (χ1v) is 35.0. The molecule has 504 valence electrons. The molecule has 0 saturated carbocycles. The minimum absolute atomic E-state index is 0.0340. The molecule has 1 aromatic heterocycles. The van der Waals surface area contributed by atoms with Gasteiger partial charge in [-0.2, -0.15) is 0 Å². The number of rotatable bonds is 33. The number of nitrogens with two attached hydrogens (primary N) is 2. The summed E-state index contributed by atoms with van der Waals surface area (Å²) in [5, 5.41) is 59.0. The molecule has 7 amide bonds. The van der Waals surface area contributed by atoms with Crippen molar-refractivity contribution in [3.05, 3.63) is 108 Å². The number of aliphatic carboxylic acids is 1. The van der Waals surface area contributed by atoms with Crippen LogP contribution in [0, 0.1) is 0 Å². The topological polar surface area (TPSA) is 370 Å². The number of unbranched alkanes of at least 4 members (excludes halogenated alkanes) is 15. The Bertz CT molecular complexity index is 2800. The zero-order valence-corrected chi connectivity index (χ0v) is 55.0. The number of hydrogen-bond acceptors (Lipinski definition) is 15. The van der Waals surface area contributed by atoms with Crippen molar-refractivity contribution in [1.29, 1.82) is 0 Å². The van der Waals surface area contributed by atoms with E-state index >= 15 is 0 Å². The van der Waals surface area contributed by atoms with Crippen molar-refractivity contribution in [2.24, 2.45) is 11.5 Å². The van der Waals surface area contributed by atoms with Crippen molar-refractivity contribution in [3.8, 4) is 0 Å². The van der Waals surface area contributed by atoms with Crippen LogP contribution in [-0.2, 0) is 57.6 Å². The summed E-state index contributed by atoms with van der Waals surface area (Å²) in [6.07, 6.45) is 20.0. The molecule has 1 fully saturated rings. The van der Waals surface area contributed by atoms with E-state index in [-0.39, 0.29) is 43.7 Å². The van der Waals surface area contributed by atoms with Crippen LogP contribution < -0.4 is 48.7 Å². The molecule has 24 heteroatoms. The largest absolute Gasteiger partial charge is 0.481 e. The highest BCUT2D eigenvalue weighted by atomic mass is 33.1. The van der Waals surface area contributed by atoms with Gasteiger partial charge in [0, 0.05) is 47.9 Å². The number of nitrogens with one attached hydrogen (secondary N) is 8. The van der Waals surface area contributed by atoms with Crippen LogP contribution in [0.4, 0.5) is 0 Å². The predicted molar refractivity (Wildman–Crippen MR) is 359 cm³/mol. The Labute approximate surface area is 544 Å². The second-order valence-corrected chi connectivity index (χ2v) is 26.1. The Balaban J connectivity index is 0.000000755. The molecular formula is C67H102N10O12S2. The number of H-pyrrole nitrogens is 1. The lowest BCUT2D eigenvalue weighted by atomic mass is 10.0. The molecular weight excluding hydrogens is 1200 g/mol. The maximum atomic E-state index is 14.7. The lowest BCUT2D eigenvalue weighted by Crippen LogP contribution is -2.62. The van der Waals surface area contributed by atoms with Crippen molar-refractivity contribution in [1.82, 2.24) is 42.2 Å². The van der Waals surface area contributed by atoms with Crippen molar-refractivity contribution >= 4 is 79.8 Å². The van der Waals surface area contributed by atoms with E-state index in [2.05, 4.69) is 49.1 Å². The number of carboxylic acids is 1. The highest BCUT2D eigenvalue weighted by Crippen LogP contribution is 2.25. The van der Waals surface area contributed by atoms with E-state index in [4.69, 9.17) is 16.6 Å². The molecule has 0 bridgehead atoms. The second-order valence-electron chi connectivity index (χ2n) is 23.6. The third-order valence-electron chi connectivity index (χ3n) is 15.8. The van der Waals surface area contributed by atoms with Crippen molar-refractivity contribution in [2.75, 3.05) is 24.7 Å². The van der Waals surface area contributed by atoms with Gasteiger partial charge < -0.3 is 74.1 Å². The van der Waals surface area contributed by atoms with Crippen molar-refractivity contribution in [3.63, 3.8) is 0 Å². The zero-order chi connectivity index (χ0) is 66.3. The summed E-state index contributed by atoms with van der Waals surface area (Å²) < 4.78 is 0. The summed E-state index contributed by atoms with van der Waals surface area (Å²) in [5.74, 6) is -6.66. The van der Waals surface area contributed by atoms with Crippen LogP contribution in [0.2, 0.25) is 0 Å². The molecule has 0 radical (unpaired) electrons. The number of fused-ring (bicyclic) bond motifs is 1. The third-order valence-corrected chi connectivity index (χ3v) is 18.3. The Kier molecular flexibility index (Phi) is 37.3. The fourth-order valence-electron chi connectivity index (χ4n) is 10.4. The maximum Gasteiger partial charge on any atom is 0.303 e. The standard InChI is InChI=1S/C49H66N10O10S2.C18H36O2/c1-28(61)39(25-60)56-48(68)41-27-71-70-26-40(57-43(63)34(51)21-30-13-5-3-6-14-30)47(67)54-37(22-31-15-7-4-8-16-31)45(65)55-38(23-32-24-52-35-18-10-9-17-33(32)35)46(66)53-36(19-11-12-20-50)44(64)59-42(29(2)62)49(69)58-41;1-2-3-4-5-6-7-8-9-10-11-12-13-14-15-16-17-18(19)20/h3-10,13-18,24,28-29,34,36-42,52,60-62H,11-12,19-23,25-27,50-51H2,1-2H3,(H,53,66)(H,54,67)(H,55,65)(H,56,68)(H,57,63)(H,58,69)(H,59,64);2-17H2,1H3,(H,19,20)/t28-,29?,34-,36+,37+,38-,39-,40+,41+,42+;/m1./s1. The van der Waals surface area contributed by atoms with Gasteiger partial charge in [0.25, 0.3) is 0 Å². The summed E-state index contributed by atoms with van der Waals surface area (Å²) in [4.78, 5) is 113. The van der Waals surface area contributed by atoms with E-state index in [9.17, 15) is 53.7 Å². The number of aliphatic hydroxyl groups is 3. The molecule has 4 aromatic rings. The van der Waals surface area contributed by atoms with Gasteiger partial charge in [0.2, 0.25) is 41.4 Å². The average molecular weight is 1300 g/mol. The summed E-state index contributed by atoms with van der Waals surface area (Å²) in [7, 11) is 2.06. The van der Waals surface area contributed by atoms with Gasteiger partial charge in [-0.25, -0.2) is 0 Å². The zero-order valence-electron chi connectivity index (χ0n) is 53.3. The fraction of sp³-hybridized carbons (Fsp3) is 0.582. The summed E-state index contributed by atoms with van der Waals surface area (Å²) >= 11 is 0. The first kappa shape index (κ1) is 76.9. The number of carbonyl (C=O) groups excluding carboxylic acids is 7. The van der Waals surface area contributed by atoms with Gasteiger partial charge >= 0.3 is 5.97 Å². The number of aliphatic hydroxyl groups excluding tert-OH is 3. The van der Waals surface area contributed by atoms with E-state index in [0.717, 1.165) is 50.9 Å². The van der Waals surface area contributed by atoms with Crippen LogP contribution in [0.5, 0.6) is 0 Å². The Morgan fingerprint density at radius 1 is 0.615 bits per heavy atom. The number of carbonyl (C=O) groups is 8. The molecule has 91 heavy (non-hydrogen) atoms. The number of benzene rings is 3. The number of carboxylic acid groups (broad SMARTS) is 1. The number of hydrogen-bond donors (Lipinski definition) is 14. The van der Waals surface area contributed by atoms with Gasteiger partial charge in [0.05, 0.1) is 30.9 Å². The smallest absolute Gasteiger partial charge is 0.303 e. The highest BCUT2D eigenvalue weighted by molar-refractivity contribution is 8.76. The number of aromatic nitrogens is 1. The molecule has 1 aliphatic rings. The second kappa shape index (κ2) is 44.1. The highest BCUT2D eigenvalue weighted by Gasteiger charge is 2.36. The molecule has 10 atom stereocenters. The van der Waals surface area contributed by atoms with Gasteiger partial charge in [-0.1, -0.05) is 197 Å². The van der Waals surface area contributed by atoms with E-state index in [1.165, 1.54) is 97.3 Å². The molecule has 0 spiro atoms. The third kappa shape index (κ3) is 29.7. The van der Waals surface area contributed by atoms with Crippen LogP contribution in [0.3, 0.4) is 0 Å². The Hall–Kier alpha value is -6.54. The lowest BCUT2D eigenvalue weighted by Gasteiger charge is -2.29. The van der Waals surface area contributed by atoms with Gasteiger partial charge in [-0.3, -0.25) is 38.4 Å². The molecule has 22 nitrogen and oxygen atoms in total. The maximum absolute atomic E-state index is 14.7. The summed E-state index contributed by atoms with van der Waals surface area (Å²) in [5.41, 5.74) is 15.0. The van der Waals surface area contributed by atoms with Crippen LogP contribution in [0.1, 0.15) is 159 Å². The Morgan fingerprint density at radius 2 is 1.14 bits per heavy atom. The monoisotopic (exact) mass is 1300 g/mol. The minimum atomic E-state index is -1.66. The van der Waals surface area contributed by atoms with Gasteiger partial charge in [0.1, 0.15) is 36.3 Å². The molecule has 1 saturated heterocycles. The number of amides is 7. The van der Waals surface area contributed by atoms with Crippen LogP contribution in [0.25, 0.3) is 10.9 Å². The molecule has 0 aliphatic carbocycles. The fourth-order valence-corrected chi connectivity index (χ4v) is 12.7. The summed E-state index contributed by atoms with van der Waals surface area (Å²) in [6, 6.07) is 14.6. The van der Waals surface area contributed by atoms with Gasteiger partial charge in [0.15, 0.2) is 0 Å². The normalized spacial score (nSPS) is 20.2. The first-order valence-electron chi connectivity index (χ1n) is 32.5. The summed E-state index contributed by atoms with van der Waals surface area (Å²) in [6.45, 7) is 4.50. The SMILES string of the molecule is CC(O)[C@@H]1NC(=O)[C@H](CCCCN)NC(=O)[C@@H](Cc2c[nH]c3ccccc23)NC(=O)[C@H](Cc2ccccc2)NC(=O)[C@@H](NC(=O)[C@H](N)Cc2ccccc2)CSSC[C@@H](C(=O)N[C@H](CO)[C@@H](C)O)NC1=O.CCCCCCCCCCCCCCCCCC(=O)O. The molecule has 2 heterocycles. The Morgan fingerprint density at radius 3 is 1.71 bits per heavy atom. The van der Waals surface area contributed by atoms with Gasteiger partial charge in [-0.15, -0.1) is 0 Å². The average Bonchev–Trinajstić information content (AvgIpc) is 3.32. The van der Waals surface area contributed by atoms with Crippen LogP contribution in [-0.4, -0.2) is 158 Å². The molecule has 5 rings (SSSR count). The van der Waals surface area contributed by atoms with E-state index in [1.807, 2.05) is 30.3 Å². The minimum Gasteiger partial charge on any atom is -0.481 e. The van der Waals surface area contributed by atoms with Crippen LogP contribution >= 0.6 is 21.6 Å². The molecule has 1 aliphatic heterocycles. The van der Waals surface area contributed by atoms with E-state index in [1.54, 1.807) is 60.8 Å². The first-order chi connectivity index (χ1) is 43.8. The predicted octanol–water partition coefficient (Wildman–Crippen LogP) is 5.53. The number of aromatic amines is 1. The van der Waals surface area contributed by atoms with E-state index < -0.39 is 114 Å². The van der Waals surface area contributed by atoms with Crippen LogP contribution in [0.15, 0.2) is 91.1 Å². The molecule has 3 aromatic carbocycles. The quantitative estimate of drug-likeness (QED) is 0.0206. The molecule has 16 N–H and O–H groups in total. The van der Waals surface area contributed by atoms with Gasteiger partial charge in [-0.05, 0) is 75.3 Å². The molecule has 1 unspecified atom stereocenters.